The summed E-state index contributed by atoms with van der Waals surface area (Å²) in [5.41, 5.74) is 6.21. The molecule has 0 amide bonds. The topological polar surface area (TPSA) is 70.8 Å². The number of aryl methyl sites for hydroxylation is 1. The molecule has 0 unspecified atom stereocenters. The third kappa shape index (κ3) is 2.40. The van der Waals surface area contributed by atoms with Crippen LogP contribution < -0.4 is 10.9 Å². The van der Waals surface area contributed by atoms with Crippen LogP contribution in [0.5, 0.6) is 0 Å². The molecule has 1 saturated carbocycles. The number of aromatic carboxylic acids is 1. The molecule has 27 heavy (non-hydrogen) atoms. The molecule has 3 aromatic heterocycles. The van der Waals surface area contributed by atoms with Crippen LogP contribution in [0.2, 0.25) is 0 Å². The van der Waals surface area contributed by atoms with E-state index in [4.69, 9.17) is 0 Å². The number of nitrogens with one attached hydrogen (secondary N) is 1. The fraction of sp³-hybridized carbons (Fsp3) is 0.333. The van der Waals surface area contributed by atoms with Gasteiger partial charge in [-0.2, -0.15) is 0 Å². The molecule has 0 spiro atoms. The van der Waals surface area contributed by atoms with Crippen LogP contribution in [0.4, 0.5) is 0 Å². The van der Waals surface area contributed by atoms with Crippen molar-refractivity contribution in [2.45, 2.75) is 45.7 Å². The predicted octanol–water partition coefficient (Wildman–Crippen LogP) is 3.82. The first kappa shape index (κ1) is 16.7. The van der Waals surface area contributed by atoms with Crippen molar-refractivity contribution in [2.75, 3.05) is 0 Å². The maximum absolute atomic E-state index is 12.7. The zero-order valence-corrected chi connectivity index (χ0v) is 16.1. The molecule has 2 aliphatic rings. The van der Waals surface area contributed by atoms with Crippen molar-refractivity contribution >= 4 is 22.8 Å². The zero-order chi connectivity index (χ0) is 18.9. The minimum Gasteiger partial charge on any atom is -0.477 e. The number of carbonyl (C=O) groups is 1. The molecule has 0 saturated heterocycles. The number of hydrogen-bond donors (Lipinski definition) is 2. The minimum atomic E-state index is -1.16. The molecule has 0 bridgehead atoms. The van der Waals surface area contributed by atoms with Gasteiger partial charge in [0.15, 0.2) is 0 Å². The Morgan fingerprint density at radius 1 is 1.26 bits per heavy atom. The first-order chi connectivity index (χ1) is 13.0. The van der Waals surface area contributed by atoms with E-state index in [1.165, 1.54) is 25.3 Å². The summed E-state index contributed by atoms with van der Waals surface area (Å²) in [6, 6.07) is 3.58. The van der Waals surface area contributed by atoms with E-state index in [-0.39, 0.29) is 5.56 Å². The highest BCUT2D eigenvalue weighted by atomic mass is 32.1. The molecular weight excluding hydrogens is 360 g/mol. The standard InChI is InChI=1S/C21H20N2O3S/c1-10-13(19-11(2)16-8-22-9-17(16)27-19)5-6-23-18(10)14(12-3-4-12)7-15(20(23)24)21(25)26/h5-7,12,22H,3-4,8-9H2,1-2H3,(H,25,26). The number of pyridine rings is 2. The highest BCUT2D eigenvalue weighted by Crippen LogP contribution is 2.45. The molecule has 5 rings (SSSR count). The quantitative estimate of drug-likeness (QED) is 0.725. The normalized spacial score (nSPS) is 16.1. The van der Waals surface area contributed by atoms with Gasteiger partial charge in [0, 0.05) is 29.0 Å². The molecule has 6 heteroatoms. The number of thiophene rings is 1. The lowest BCUT2D eigenvalue weighted by atomic mass is 9.98. The second kappa shape index (κ2) is 5.78. The van der Waals surface area contributed by atoms with Crippen molar-refractivity contribution in [1.82, 2.24) is 9.72 Å². The van der Waals surface area contributed by atoms with E-state index in [1.807, 2.05) is 17.4 Å². The lowest BCUT2D eigenvalue weighted by molar-refractivity contribution is 0.0694. The van der Waals surface area contributed by atoms with Crippen molar-refractivity contribution in [1.29, 1.82) is 0 Å². The van der Waals surface area contributed by atoms with Gasteiger partial charge < -0.3 is 10.4 Å². The summed E-state index contributed by atoms with van der Waals surface area (Å²) in [6.07, 6.45) is 3.85. The van der Waals surface area contributed by atoms with E-state index in [2.05, 4.69) is 19.2 Å². The van der Waals surface area contributed by atoms with Crippen LogP contribution in [0, 0.1) is 13.8 Å². The average Bonchev–Trinajstić information content (AvgIpc) is 3.29. The van der Waals surface area contributed by atoms with Crippen molar-refractivity contribution in [3.8, 4) is 10.4 Å². The molecule has 2 N–H and O–H groups in total. The van der Waals surface area contributed by atoms with Gasteiger partial charge in [0.05, 0.1) is 5.52 Å². The Hall–Kier alpha value is -2.44. The molecule has 1 aliphatic carbocycles. The van der Waals surface area contributed by atoms with Crippen molar-refractivity contribution in [3.63, 3.8) is 0 Å². The maximum Gasteiger partial charge on any atom is 0.341 e. The van der Waals surface area contributed by atoms with Crippen LogP contribution in [0.25, 0.3) is 16.0 Å². The summed E-state index contributed by atoms with van der Waals surface area (Å²) in [7, 11) is 0. The number of carboxylic acids is 1. The number of carboxylic acid groups (broad SMARTS) is 1. The van der Waals surface area contributed by atoms with Crippen LogP contribution in [-0.2, 0) is 13.1 Å². The minimum absolute atomic E-state index is 0.140. The van der Waals surface area contributed by atoms with Gasteiger partial charge in [-0.3, -0.25) is 9.20 Å². The highest BCUT2D eigenvalue weighted by Gasteiger charge is 2.30. The zero-order valence-electron chi connectivity index (χ0n) is 15.3. The second-order valence-electron chi connectivity index (χ2n) is 7.53. The molecule has 0 radical (unpaired) electrons. The van der Waals surface area contributed by atoms with E-state index in [1.54, 1.807) is 12.3 Å². The van der Waals surface area contributed by atoms with Gasteiger partial charge in [-0.1, -0.05) is 0 Å². The van der Waals surface area contributed by atoms with Gasteiger partial charge in [-0.15, -0.1) is 11.3 Å². The molecule has 0 atom stereocenters. The number of rotatable bonds is 3. The maximum atomic E-state index is 12.7. The van der Waals surface area contributed by atoms with Crippen molar-refractivity contribution < 1.29 is 9.90 Å². The van der Waals surface area contributed by atoms with Gasteiger partial charge in [0.2, 0.25) is 0 Å². The summed E-state index contributed by atoms with van der Waals surface area (Å²) in [4.78, 5) is 26.9. The van der Waals surface area contributed by atoms with Gasteiger partial charge >= 0.3 is 5.97 Å². The fourth-order valence-corrected chi connectivity index (χ4v) is 5.62. The van der Waals surface area contributed by atoms with Gasteiger partial charge in [-0.05, 0) is 72.6 Å². The Morgan fingerprint density at radius 2 is 2.04 bits per heavy atom. The number of nitrogens with zero attached hydrogens (tertiary/aromatic N) is 1. The van der Waals surface area contributed by atoms with Gasteiger partial charge in [0.1, 0.15) is 5.56 Å². The summed E-state index contributed by atoms with van der Waals surface area (Å²) >= 11 is 1.82. The molecule has 1 aliphatic heterocycles. The third-order valence-corrected chi connectivity index (χ3v) is 7.21. The SMILES string of the molecule is Cc1c(-c2ccn3c(=O)c(C(=O)O)cc(C4CC4)c3c2C)sc2c1CNC2. The Labute approximate surface area is 160 Å². The fourth-order valence-electron chi connectivity index (χ4n) is 4.24. The molecule has 3 aromatic rings. The van der Waals surface area contributed by atoms with Crippen LogP contribution in [0.1, 0.15) is 56.2 Å². The third-order valence-electron chi connectivity index (χ3n) is 5.85. The smallest absolute Gasteiger partial charge is 0.341 e. The first-order valence-corrected chi connectivity index (χ1v) is 10.0. The van der Waals surface area contributed by atoms with E-state index < -0.39 is 11.5 Å². The Morgan fingerprint density at radius 3 is 2.70 bits per heavy atom. The molecule has 5 nitrogen and oxygen atoms in total. The lowest BCUT2D eigenvalue weighted by Gasteiger charge is -2.15. The van der Waals surface area contributed by atoms with E-state index in [0.29, 0.717) is 5.92 Å². The Kier molecular flexibility index (Phi) is 3.58. The average molecular weight is 380 g/mol. The van der Waals surface area contributed by atoms with Crippen molar-refractivity contribution in [3.05, 3.63) is 61.4 Å². The molecular formula is C21H20N2O3S. The van der Waals surface area contributed by atoms with Crippen LogP contribution in [0.15, 0.2) is 23.1 Å². The summed E-state index contributed by atoms with van der Waals surface area (Å²) in [5.74, 6) is -0.803. The Balaban J connectivity index is 1.81. The van der Waals surface area contributed by atoms with Crippen molar-refractivity contribution in [2.24, 2.45) is 0 Å². The predicted molar refractivity (Wildman–Crippen MR) is 106 cm³/mol. The number of aromatic nitrogens is 1. The largest absolute Gasteiger partial charge is 0.477 e. The van der Waals surface area contributed by atoms with E-state index in [0.717, 1.165) is 48.1 Å². The summed E-state index contributed by atoms with van der Waals surface area (Å²) in [5, 5.41) is 12.8. The van der Waals surface area contributed by atoms with Gasteiger partial charge in [-0.25, -0.2) is 4.79 Å². The summed E-state index contributed by atoms with van der Waals surface area (Å²) < 4.78 is 1.54. The van der Waals surface area contributed by atoms with Gasteiger partial charge in [0.25, 0.3) is 5.56 Å². The molecule has 4 heterocycles. The molecule has 138 valence electrons. The van der Waals surface area contributed by atoms with E-state index in [9.17, 15) is 14.7 Å². The number of hydrogen-bond acceptors (Lipinski definition) is 4. The first-order valence-electron chi connectivity index (χ1n) is 9.21. The molecule has 0 aromatic carbocycles. The Bertz CT molecular complexity index is 1180. The molecule has 1 fully saturated rings. The van der Waals surface area contributed by atoms with Crippen LogP contribution >= 0.6 is 11.3 Å². The highest BCUT2D eigenvalue weighted by molar-refractivity contribution is 7.16. The summed E-state index contributed by atoms with van der Waals surface area (Å²) in [6.45, 7) is 6.06. The lowest BCUT2D eigenvalue weighted by Crippen LogP contribution is -2.23. The number of fused-ring (bicyclic) bond motifs is 2. The monoisotopic (exact) mass is 380 g/mol. The van der Waals surface area contributed by atoms with Crippen LogP contribution in [-0.4, -0.2) is 15.5 Å². The van der Waals surface area contributed by atoms with E-state index >= 15 is 0 Å². The second-order valence-corrected chi connectivity index (χ2v) is 8.64. The van der Waals surface area contributed by atoms with Crippen LogP contribution in [0.3, 0.4) is 0 Å².